The van der Waals surface area contributed by atoms with Crippen LogP contribution in [0, 0.1) is 5.92 Å². The number of anilines is 1. The van der Waals surface area contributed by atoms with E-state index in [4.69, 9.17) is 0 Å². The lowest BCUT2D eigenvalue weighted by Crippen LogP contribution is -2.55. The van der Waals surface area contributed by atoms with Crippen molar-refractivity contribution in [2.75, 3.05) is 4.90 Å². The zero-order valence-corrected chi connectivity index (χ0v) is 11.1. The third-order valence-corrected chi connectivity index (χ3v) is 5.08. The summed E-state index contributed by atoms with van der Waals surface area (Å²) in [6.07, 6.45) is 8.47. The molecule has 3 rings (SSSR count). The second kappa shape index (κ2) is 4.88. The van der Waals surface area contributed by atoms with Gasteiger partial charge in [-0.25, -0.2) is 9.78 Å². The van der Waals surface area contributed by atoms with Gasteiger partial charge in [0.2, 0.25) is 0 Å². The number of nitrogens with zero attached hydrogens (tertiary/aromatic N) is 2. The van der Waals surface area contributed by atoms with Crippen molar-refractivity contribution in [3.8, 4) is 0 Å². The Labute approximate surface area is 111 Å². The first-order valence-corrected chi connectivity index (χ1v) is 7.56. The molecule has 1 saturated carbocycles. The summed E-state index contributed by atoms with van der Waals surface area (Å²) in [6, 6.07) is 0.00949. The van der Waals surface area contributed by atoms with E-state index in [-0.39, 0.29) is 6.04 Å². The lowest BCUT2D eigenvalue weighted by molar-refractivity contribution is -0.139. The van der Waals surface area contributed by atoms with Gasteiger partial charge >= 0.3 is 5.97 Å². The van der Waals surface area contributed by atoms with Crippen molar-refractivity contribution in [1.82, 2.24) is 4.98 Å². The minimum absolute atomic E-state index is 0.379. The van der Waals surface area contributed by atoms with Crippen molar-refractivity contribution in [3.05, 3.63) is 11.6 Å². The average Bonchev–Trinajstić information content (AvgIpc) is 2.90. The molecule has 98 valence electrons. The first-order valence-electron chi connectivity index (χ1n) is 6.68. The van der Waals surface area contributed by atoms with Gasteiger partial charge in [-0.15, -0.1) is 11.3 Å². The highest BCUT2D eigenvalue weighted by Gasteiger charge is 2.42. The van der Waals surface area contributed by atoms with Gasteiger partial charge in [-0.2, -0.15) is 0 Å². The van der Waals surface area contributed by atoms with Crippen LogP contribution in [0.3, 0.4) is 0 Å². The summed E-state index contributed by atoms with van der Waals surface area (Å²) in [5.74, 6) is -0.0347. The molecule has 0 bridgehead atoms. The number of rotatable bonds is 2. The lowest BCUT2D eigenvalue weighted by Gasteiger charge is -2.47. The lowest BCUT2D eigenvalue weighted by atomic mass is 9.76. The van der Waals surface area contributed by atoms with Gasteiger partial charge in [-0.05, 0) is 31.6 Å². The Balaban J connectivity index is 1.92. The zero-order valence-electron chi connectivity index (χ0n) is 10.3. The van der Waals surface area contributed by atoms with Crippen LogP contribution in [-0.4, -0.2) is 28.1 Å². The summed E-state index contributed by atoms with van der Waals surface area (Å²) < 4.78 is 0. The van der Waals surface area contributed by atoms with E-state index >= 15 is 0 Å². The molecule has 0 spiro atoms. The van der Waals surface area contributed by atoms with Gasteiger partial charge in [-0.3, -0.25) is 0 Å². The SMILES string of the molecule is O=C(O)C1CCC2CCCCC2N1c1nccs1. The van der Waals surface area contributed by atoms with Crippen molar-refractivity contribution in [2.24, 2.45) is 5.92 Å². The summed E-state index contributed by atoms with van der Waals surface area (Å²) in [5.41, 5.74) is 0. The normalized spacial score (nSPS) is 32.0. The highest BCUT2D eigenvalue weighted by molar-refractivity contribution is 7.13. The number of piperidine rings is 1. The van der Waals surface area contributed by atoms with Gasteiger partial charge in [0.25, 0.3) is 0 Å². The maximum atomic E-state index is 11.5. The van der Waals surface area contributed by atoms with Crippen molar-refractivity contribution in [3.63, 3.8) is 0 Å². The summed E-state index contributed by atoms with van der Waals surface area (Å²) in [5, 5.41) is 12.3. The van der Waals surface area contributed by atoms with E-state index in [1.54, 1.807) is 17.5 Å². The first-order chi connectivity index (χ1) is 8.77. The summed E-state index contributed by atoms with van der Waals surface area (Å²) in [7, 11) is 0. The van der Waals surface area contributed by atoms with Crippen LogP contribution in [0.2, 0.25) is 0 Å². The van der Waals surface area contributed by atoms with E-state index < -0.39 is 5.97 Å². The number of fused-ring (bicyclic) bond motifs is 1. The Bertz CT molecular complexity index is 421. The second-order valence-electron chi connectivity index (χ2n) is 5.27. The molecule has 0 aromatic carbocycles. The van der Waals surface area contributed by atoms with Crippen LogP contribution in [0.4, 0.5) is 5.13 Å². The molecule has 2 fully saturated rings. The van der Waals surface area contributed by atoms with Gasteiger partial charge in [0.05, 0.1) is 0 Å². The Morgan fingerprint density at radius 1 is 1.33 bits per heavy atom. The molecule has 18 heavy (non-hydrogen) atoms. The number of hydrogen-bond acceptors (Lipinski definition) is 4. The van der Waals surface area contributed by atoms with Gasteiger partial charge in [-0.1, -0.05) is 12.8 Å². The van der Waals surface area contributed by atoms with Gasteiger partial charge in [0.1, 0.15) is 6.04 Å². The molecule has 3 unspecified atom stereocenters. The number of hydrogen-bond donors (Lipinski definition) is 1. The topological polar surface area (TPSA) is 53.4 Å². The molecule has 0 amide bonds. The third kappa shape index (κ3) is 2.00. The largest absolute Gasteiger partial charge is 0.480 e. The molecule has 1 aliphatic carbocycles. The predicted molar refractivity (Wildman–Crippen MR) is 71.0 cm³/mol. The Morgan fingerprint density at radius 2 is 2.17 bits per heavy atom. The van der Waals surface area contributed by atoms with E-state index in [1.165, 1.54) is 19.3 Å². The van der Waals surface area contributed by atoms with Crippen LogP contribution in [-0.2, 0) is 4.79 Å². The zero-order chi connectivity index (χ0) is 12.5. The Hall–Kier alpha value is -1.10. The number of carbonyl (C=O) groups is 1. The molecule has 1 N–H and O–H groups in total. The first kappa shape index (κ1) is 12.0. The van der Waals surface area contributed by atoms with Crippen LogP contribution in [0.5, 0.6) is 0 Å². The van der Waals surface area contributed by atoms with Crippen molar-refractivity contribution >= 4 is 22.4 Å². The predicted octanol–water partition coefficient (Wildman–Crippen LogP) is 2.76. The molecule has 1 saturated heterocycles. The standard InChI is InChI=1S/C13H18N2O2S/c16-12(17)11-6-5-9-3-1-2-4-10(9)15(11)13-14-7-8-18-13/h7-11H,1-6H2,(H,16,17). The highest BCUT2D eigenvalue weighted by atomic mass is 32.1. The van der Waals surface area contributed by atoms with Gasteiger partial charge in [0, 0.05) is 17.6 Å². The number of carboxylic acids is 1. The molecule has 4 nitrogen and oxygen atoms in total. The molecule has 0 radical (unpaired) electrons. The molecule has 2 aliphatic rings. The number of aromatic nitrogens is 1. The average molecular weight is 266 g/mol. The van der Waals surface area contributed by atoms with E-state index in [9.17, 15) is 9.90 Å². The fourth-order valence-electron chi connectivity index (χ4n) is 3.49. The van der Waals surface area contributed by atoms with Gasteiger partial charge < -0.3 is 10.0 Å². The Kier molecular flexibility index (Phi) is 3.24. The fraction of sp³-hybridized carbons (Fsp3) is 0.692. The second-order valence-corrected chi connectivity index (χ2v) is 6.14. The molecule has 1 aromatic rings. The smallest absolute Gasteiger partial charge is 0.326 e. The van der Waals surface area contributed by atoms with Crippen LogP contribution in [0.15, 0.2) is 11.6 Å². The summed E-state index contributed by atoms with van der Waals surface area (Å²) in [4.78, 5) is 17.9. The minimum Gasteiger partial charge on any atom is -0.480 e. The molecule has 5 heteroatoms. The van der Waals surface area contributed by atoms with Crippen LogP contribution < -0.4 is 4.90 Å². The quantitative estimate of drug-likeness (QED) is 0.894. The van der Waals surface area contributed by atoms with Crippen LogP contribution >= 0.6 is 11.3 Å². The van der Waals surface area contributed by atoms with Crippen molar-refractivity contribution in [1.29, 1.82) is 0 Å². The molecule has 3 atom stereocenters. The maximum Gasteiger partial charge on any atom is 0.326 e. The highest BCUT2D eigenvalue weighted by Crippen LogP contribution is 2.40. The Morgan fingerprint density at radius 3 is 2.89 bits per heavy atom. The monoisotopic (exact) mass is 266 g/mol. The molecular weight excluding hydrogens is 248 g/mol. The summed E-state index contributed by atoms with van der Waals surface area (Å²) >= 11 is 1.56. The minimum atomic E-state index is -0.700. The number of thiazole rings is 1. The van der Waals surface area contributed by atoms with E-state index in [0.717, 1.165) is 24.4 Å². The number of aliphatic carboxylic acids is 1. The summed E-state index contributed by atoms with van der Waals surface area (Å²) in [6.45, 7) is 0. The molecule has 1 aliphatic heterocycles. The molecular formula is C13H18N2O2S. The third-order valence-electron chi connectivity index (χ3n) is 4.30. The maximum absolute atomic E-state index is 11.5. The van der Waals surface area contributed by atoms with E-state index in [2.05, 4.69) is 9.88 Å². The fourth-order valence-corrected chi connectivity index (χ4v) is 4.24. The molecule has 2 heterocycles. The van der Waals surface area contributed by atoms with E-state index in [1.807, 2.05) is 5.38 Å². The van der Waals surface area contributed by atoms with Gasteiger partial charge in [0.15, 0.2) is 5.13 Å². The molecule has 1 aromatic heterocycles. The van der Waals surface area contributed by atoms with E-state index in [0.29, 0.717) is 12.0 Å². The number of carboxylic acid groups (broad SMARTS) is 1. The van der Waals surface area contributed by atoms with Crippen LogP contribution in [0.1, 0.15) is 38.5 Å². The van der Waals surface area contributed by atoms with Crippen LogP contribution in [0.25, 0.3) is 0 Å². The van der Waals surface area contributed by atoms with Crippen molar-refractivity contribution in [2.45, 2.75) is 50.6 Å². The van der Waals surface area contributed by atoms with Crippen molar-refractivity contribution < 1.29 is 9.90 Å².